The van der Waals surface area contributed by atoms with Gasteiger partial charge in [0.05, 0.1) is 0 Å². The fourth-order valence-electron chi connectivity index (χ4n) is 3.33. The van der Waals surface area contributed by atoms with E-state index < -0.39 is 20.6 Å². The molecule has 0 aromatic heterocycles. The molecule has 0 saturated carbocycles. The van der Waals surface area contributed by atoms with Crippen molar-refractivity contribution in [2.24, 2.45) is 0 Å². The Kier molecular flexibility index (Phi) is 7.30. The van der Waals surface area contributed by atoms with Crippen molar-refractivity contribution in [3.8, 4) is 0 Å². The molecule has 1 saturated heterocycles. The summed E-state index contributed by atoms with van der Waals surface area (Å²) in [5, 5.41) is 0. The van der Waals surface area contributed by atoms with Gasteiger partial charge in [0.2, 0.25) is 0 Å². The molecule has 0 bridgehead atoms. The Morgan fingerprint density at radius 2 is 1.55 bits per heavy atom. The molecule has 0 spiro atoms. The molecule has 1 radical (unpaired) electrons. The van der Waals surface area contributed by atoms with Crippen molar-refractivity contribution in [2.45, 2.75) is 92.4 Å². The molecule has 0 N–H and O–H groups in total. The third-order valence-corrected chi connectivity index (χ3v) is 14.5. The van der Waals surface area contributed by atoms with Crippen LogP contribution in [0.5, 0.6) is 0 Å². The number of nitrogens with zero attached hydrogens (tertiary/aromatic N) is 3. The van der Waals surface area contributed by atoms with E-state index in [1.54, 1.807) is 0 Å². The van der Waals surface area contributed by atoms with Gasteiger partial charge < -0.3 is 0 Å². The van der Waals surface area contributed by atoms with Crippen molar-refractivity contribution in [1.29, 1.82) is 0 Å². The van der Waals surface area contributed by atoms with Gasteiger partial charge in [0.1, 0.15) is 0 Å². The van der Waals surface area contributed by atoms with Crippen molar-refractivity contribution in [3.63, 3.8) is 0 Å². The van der Waals surface area contributed by atoms with Crippen molar-refractivity contribution in [3.05, 3.63) is 0 Å². The number of hydrogen-bond acceptors (Lipinski definition) is 3. The van der Waals surface area contributed by atoms with E-state index in [0.717, 1.165) is 0 Å². The van der Waals surface area contributed by atoms with Crippen LogP contribution >= 0.6 is 0 Å². The summed E-state index contributed by atoms with van der Waals surface area (Å²) in [6, 6.07) is 0.698. The SMILES string of the molecule is CCC[N](CCC)[Sn]1[N](C(C)C)C(CC)[N]1C(C)(C)C. The van der Waals surface area contributed by atoms with Crippen LogP contribution in [0.4, 0.5) is 0 Å². The maximum absolute atomic E-state index is 2.92. The molecule has 1 rings (SSSR count). The van der Waals surface area contributed by atoms with E-state index in [2.05, 4.69) is 64.8 Å². The number of hydrogen-bond donors (Lipinski definition) is 0. The van der Waals surface area contributed by atoms with Crippen LogP contribution in [-0.4, -0.2) is 60.8 Å². The predicted molar refractivity (Wildman–Crippen MR) is 90.6 cm³/mol. The van der Waals surface area contributed by atoms with Gasteiger partial charge in [-0.05, 0) is 0 Å². The molecule has 4 heteroatoms. The van der Waals surface area contributed by atoms with Gasteiger partial charge in [-0.3, -0.25) is 0 Å². The third kappa shape index (κ3) is 3.90. The molecular formula is C16H36N3Sn. The quantitative estimate of drug-likeness (QED) is 0.616. The first-order chi connectivity index (χ1) is 9.29. The average Bonchev–Trinajstić information content (AvgIpc) is 2.26. The van der Waals surface area contributed by atoms with Gasteiger partial charge in [0.15, 0.2) is 0 Å². The van der Waals surface area contributed by atoms with Gasteiger partial charge in [-0.15, -0.1) is 0 Å². The van der Waals surface area contributed by atoms with E-state index >= 15 is 0 Å². The molecule has 1 aliphatic heterocycles. The first kappa shape index (κ1) is 18.7. The predicted octanol–water partition coefficient (Wildman–Crippen LogP) is 3.65. The molecule has 1 unspecified atom stereocenters. The summed E-state index contributed by atoms with van der Waals surface area (Å²) < 4.78 is 8.69. The molecule has 0 aromatic carbocycles. The van der Waals surface area contributed by atoms with E-state index in [1.165, 1.54) is 32.4 Å². The molecule has 20 heavy (non-hydrogen) atoms. The summed E-state index contributed by atoms with van der Waals surface area (Å²) in [6.45, 7) is 21.6. The minimum absolute atomic E-state index is 0.320. The second-order valence-corrected chi connectivity index (χ2v) is 13.6. The van der Waals surface area contributed by atoms with Gasteiger partial charge in [-0.2, -0.15) is 0 Å². The first-order valence-electron chi connectivity index (χ1n) is 8.49. The standard InChI is InChI=1S/C10H22N2.C6H14N.Sn/c1-7-9(11-8(2)3)12-10(4,5)6;1-3-5-7-6-4-2;/h8-9H,7H2,1-6H3;3-6H2,1-2H3;/q-2;-1;+3. The van der Waals surface area contributed by atoms with Crippen LogP contribution in [-0.2, 0) is 0 Å². The van der Waals surface area contributed by atoms with E-state index in [4.69, 9.17) is 0 Å². The van der Waals surface area contributed by atoms with Gasteiger partial charge >= 0.3 is 135 Å². The molecule has 0 aromatic rings. The Morgan fingerprint density at radius 1 is 1.05 bits per heavy atom. The maximum atomic E-state index is 2.92. The molecule has 0 amide bonds. The molecule has 0 aliphatic carbocycles. The van der Waals surface area contributed by atoms with E-state index in [-0.39, 0.29) is 0 Å². The monoisotopic (exact) mass is 390 g/mol. The van der Waals surface area contributed by atoms with Gasteiger partial charge in [0.25, 0.3) is 0 Å². The second kappa shape index (κ2) is 7.79. The minimum atomic E-state index is -1.82. The van der Waals surface area contributed by atoms with Crippen LogP contribution in [0.15, 0.2) is 0 Å². The summed E-state index contributed by atoms with van der Waals surface area (Å²) >= 11 is -1.82. The zero-order valence-electron chi connectivity index (χ0n) is 15.0. The van der Waals surface area contributed by atoms with Crippen LogP contribution < -0.4 is 0 Å². The van der Waals surface area contributed by atoms with Crippen LogP contribution in [0.2, 0.25) is 0 Å². The van der Waals surface area contributed by atoms with Crippen LogP contribution in [0.3, 0.4) is 0 Å². The Labute approximate surface area is 135 Å². The molecule has 1 heterocycles. The summed E-state index contributed by atoms with van der Waals surface area (Å²) in [5.74, 6) is 0. The summed E-state index contributed by atoms with van der Waals surface area (Å²) in [6.07, 6.45) is 4.50. The first-order valence-corrected chi connectivity index (χ1v) is 12.3. The Hall–Kier alpha value is 0.679. The third-order valence-electron chi connectivity index (χ3n) is 3.98. The van der Waals surface area contributed by atoms with Gasteiger partial charge in [-0.25, -0.2) is 0 Å². The zero-order valence-corrected chi connectivity index (χ0v) is 17.9. The zero-order chi connectivity index (χ0) is 15.5. The molecule has 1 aliphatic rings. The molecule has 3 nitrogen and oxygen atoms in total. The fraction of sp³-hybridized carbons (Fsp3) is 1.00. The topological polar surface area (TPSA) is 9.72 Å². The average molecular weight is 389 g/mol. The van der Waals surface area contributed by atoms with Crippen molar-refractivity contribution < 1.29 is 0 Å². The van der Waals surface area contributed by atoms with Gasteiger partial charge in [0, 0.05) is 0 Å². The van der Waals surface area contributed by atoms with Crippen molar-refractivity contribution in [1.82, 2.24) is 9.36 Å². The van der Waals surface area contributed by atoms with Crippen molar-refractivity contribution in [2.75, 3.05) is 13.1 Å². The fourth-order valence-corrected chi connectivity index (χ4v) is 14.1. The van der Waals surface area contributed by atoms with Gasteiger partial charge in [-0.1, -0.05) is 0 Å². The van der Waals surface area contributed by atoms with E-state index in [9.17, 15) is 0 Å². The Bertz CT molecular complexity index is 282. The van der Waals surface area contributed by atoms with Crippen LogP contribution in [0.1, 0.15) is 74.7 Å². The molecule has 1 fully saturated rings. The second-order valence-electron chi connectivity index (χ2n) is 7.22. The molecule has 119 valence electrons. The molecule has 1 atom stereocenters. The summed E-state index contributed by atoms with van der Waals surface area (Å²) in [7, 11) is 0. The Balaban J connectivity index is 3.00. The van der Waals surface area contributed by atoms with E-state index in [0.29, 0.717) is 17.7 Å². The van der Waals surface area contributed by atoms with E-state index in [1.807, 2.05) is 0 Å². The van der Waals surface area contributed by atoms with Crippen LogP contribution in [0.25, 0.3) is 0 Å². The number of rotatable bonds is 7. The van der Waals surface area contributed by atoms with Crippen molar-refractivity contribution >= 4 is 20.6 Å². The normalized spacial score (nSPS) is 22.8. The summed E-state index contributed by atoms with van der Waals surface area (Å²) in [4.78, 5) is 0. The Morgan fingerprint density at radius 3 is 1.85 bits per heavy atom. The summed E-state index contributed by atoms with van der Waals surface area (Å²) in [5.41, 5.74) is 0.320. The molecular weight excluding hydrogens is 353 g/mol. The van der Waals surface area contributed by atoms with Crippen LogP contribution in [0, 0.1) is 0 Å².